The van der Waals surface area contributed by atoms with Crippen LogP contribution in [0.5, 0.6) is 5.75 Å². The average molecular weight is 313 g/mol. The first-order chi connectivity index (χ1) is 8.70. The van der Waals surface area contributed by atoms with Gasteiger partial charge in [-0.15, -0.1) is 0 Å². The van der Waals surface area contributed by atoms with Gasteiger partial charge in [0.05, 0.1) is 0 Å². The van der Waals surface area contributed by atoms with Gasteiger partial charge in [-0.1, -0.05) is 22.9 Å². The largest absolute Gasteiger partial charge is 0.508 e. The van der Waals surface area contributed by atoms with Crippen LogP contribution in [0.4, 0.5) is 0 Å². The zero-order chi connectivity index (χ0) is 13.0. The molecule has 1 aromatic carbocycles. The molecule has 0 radical (unpaired) electrons. The van der Waals surface area contributed by atoms with Gasteiger partial charge in [-0.05, 0) is 44.1 Å². The topological polar surface area (TPSA) is 35.5 Å². The molecule has 2 rings (SSSR count). The molecule has 4 heteroatoms. The molecule has 1 saturated heterocycles. The summed E-state index contributed by atoms with van der Waals surface area (Å²) in [6.07, 6.45) is 2.35. The molecule has 0 aliphatic carbocycles. The lowest BCUT2D eigenvalue weighted by Crippen LogP contribution is -2.36. The Morgan fingerprint density at radius 1 is 1.50 bits per heavy atom. The fourth-order valence-electron chi connectivity index (χ4n) is 2.53. The van der Waals surface area contributed by atoms with Gasteiger partial charge in [0, 0.05) is 29.2 Å². The second-order valence-corrected chi connectivity index (χ2v) is 5.81. The van der Waals surface area contributed by atoms with Crippen LogP contribution in [0.15, 0.2) is 22.7 Å². The summed E-state index contributed by atoms with van der Waals surface area (Å²) in [4.78, 5) is 2.47. The van der Waals surface area contributed by atoms with Crippen molar-refractivity contribution in [1.82, 2.24) is 10.2 Å². The van der Waals surface area contributed by atoms with Gasteiger partial charge in [-0.2, -0.15) is 0 Å². The van der Waals surface area contributed by atoms with Crippen LogP contribution in [0.2, 0.25) is 0 Å². The molecule has 1 fully saturated rings. The average Bonchev–Trinajstić information content (AvgIpc) is 2.87. The second-order valence-electron chi connectivity index (χ2n) is 4.89. The lowest BCUT2D eigenvalue weighted by atomic mass is 10.1. The molecule has 1 heterocycles. The minimum atomic E-state index is 0.394. The number of aromatic hydroxyl groups is 1. The molecule has 100 valence electrons. The molecule has 0 aromatic heterocycles. The Kier molecular flexibility index (Phi) is 5.03. The van der Waals surface area contributed by atoms with Crippen LogP contribution in [0, 0.1) is 0 Å². The smallest absolute Gasteiger partial charge is 0.120 e. The summed E-state index contributed by atoms with van der Waals surface area (Å²) in [5, 5.41) is 13.3. The maximum Gasteiger partial charge on any atom is 0.120 e. The molecule has 1 atom stereocenters. The van der Waals surface area contributed by atoms with E-state index in [1.165, 1.54) is 6.42 Å². The number of nitrogens with one attached hydrogen (secondary N) is 1. The number of rotatable bonds is 5. The first-order valence-electron chi connectivity index (χ1n) is 6.63. The summed E-state index contributed by atoms with van der Waals surface area (Å²) < 4.78 is 1.02. The first-order valence-corrected chi connectivity index (χ1v) is 7.42. The van der Waals surface area contributed by atoms with E-state index in [0.29, 0.717) is 11.8 Å². The van der Waals surface area contributed by atoms with Crippen molar-refractivity contribution in [2.24, 2.45) is 0 Å². The Bertz CT molecular complexity index is 391. The summed E-state index contributed by atoms with van der Waals surface area (Å²) >= 11 is 3.47. The van der Waals surface area contributed by atoms with Crippen LogP contribution in [0.1, 0.15) is 25.3 Å². The van der Waals surface area contributed by atoms with Crippen molar-refractivity contribution >= 4 is 15.9 Å². The Morgan fingerprint density at radius 2 is 2.33 bits per heavy atom. The second kappa shape index (κ2) is 6.55. The predicted molar refractivity (Wildman–Crippen MR) is 77.8 cm³/mol. The maximum absolute atomic E-state index is 9.93. The van der Waals surface area contributed by atoms with E-state index in [0.717, 1.165) is 42.6 Å². The summed E-state index contributed by atoms with van der Waals surface area (Å²) in [5.41, 5.74) is 1.00. The molecule has 1 aromatic rings. The Hall–Kier alpha value is -0.580. The Morgan fingerprint density at radius 3 is 3.00 bits per heavy atom. The number of hydrogen-bond acceptors (Lipinski definition) is 3. The lowest BCUT2D eigenvalue weighted by Gasteiger charge is -2.28. The van der Waals surface area contributed by atoms with E-state index in [1.54, 1.807) is 6.07 Å². The third-order valence-electron chi connectivity index (χ3n) is 3.48. The molecule has 0 spiro atoms. The Labute approximate surface area is 117 Å². The molecule has 1 aliphatic heterocycles. The van der Waals surface area contributed by atoms with E-state index < -0.39 is 0 Å². The summed E-state index contributed by atoms with van der Waals surface area (Å²) in [6, 6.07) is 6.25. The van der Waals surface area contributed by atoms with Crippen molar-refractivity contribution in [3.05, 3.63) is 28.2 Å². The molecule has 0 bridgehead atoms. The minimum Gasteiger partial charge on any atom is -0.508 e. The molecule has 1 unspecified atom stereocenters. The summed E-state index contributed by atoms with van der Waals surface area (Å²) in [7, 11) is 0. The van der Waals surface area contributed by atoms with Crippen LogP contribution in [0.25, 0.3) is 0 Å². The number of hydrogen-bond donors (Lipinski definition) is 2. The van der Waals surface area contributed by atoms with Crippen molar-refractivity contribution in [3.63, 3.8) is 0 Å². The van der Waals surface area contributed by atoms with Crippen LogP contribution in [-0.2, 0) is 6.54 Å². The van der Waals surface area contributed by atoms with Crippen molar-refractivity contribution in [1.29, 1.82) is 0 Å². The quantitative estimate of drug-likeness (QED) is 0.877. The molecule has 1 aliphatic rings. The maximum atomic E-state index is 9.93. The summed E-state index contributed by atoms with van der Waals surface area (Å²) in [6.45, 7) is 6.28. The van der Waals surface area contributed by atoms with Gasteiger partial charge in [0.25, 0.3) is 0 Å². The zero-order valence-corrected chi connectivity index (χ0v) is 12.4. The number of halogens is 1. The first kappa shape index (κ1) is 13.8. The van der Waals surface area contributed by atoms with E-state index in [1.807, 2.05) is 12.1 Å². The van der Waals surface area contributed by atoms with Gasteiger partial charge in [0.1, 0.15) is 5.75 Å². The number of phenolic OH excluding ortho intramolecular Hbond substituents is 1. The summed E-state index contributed by atoms with van der Waals surface area (Å²) in [5.74, 6) is 0.394. The van der Waals surface area contributed by atoms with E-state index in [4.69, 9.17) is 0 Å². The highest BCUT2D eigenvalue weighted by molar-refractivity contribution is 9.10. The highest BCUT2D eigenvalue weighted by Crippen LogP contribution is 2.24. The van der Waals surface area contributed by atoms with Gasteiger partial charge in [0.2, 0.25) is 0 Å². The SMILES string of the molecule is CCCN(Cc1cc(Br)ccc1O)C1CCNC1. The highest BCUT2D eigenvalue weighted by atomic mass is 79.9. The van der Waals surface area contributed by atoms with Crippen LogP contribution in [0.3, 0.4) is 0 Å². The fraction of sp³-hybridized carbons (Fsp3) is 0.571. The third-order valence-corrected chi connectivity index (χ3v) is 3.97. The standard InChI is InChI=1S/C14H21BrN2O/c1-2-7-17(13-5-6-16-9-13)10-11-8-12(15)3-4-14(11)18/h3-4,8,13,16,18H,2,5-7,9-10H2,1H3. The fourth-order valence-corrected chi connectivity index (χ4v) is 2.94. The van der Waals surface area contributed by atoms with Crippen LogP contribution in [-0.4, -0.2) is 35.7 Å². The van der Waals surface area contributed by atoms with E-state index in [-0.39, 0.29) is 0 Å². The van der Waals surface area contributed by atoms with Gasteiger partial charge in [0.15, 0.2) is 0 Å². The number of benzene rings is 1. The normalized spacial score (nSPS) is 19.6. The molecule has 2 N–H and O–H groups in total. The monoisotopic (exact) mass is 312 g/mol. The molecule has 0 saturated carbocycles. The molecule has 3 nitrogen and oxygen atoms in total. The number of phenols is 1. The van der Waals surface area contributed by atoms with E-state index in [9.17, 15) is 5.11 Å². The van der Waals surface area contributed by atoms with Gasteiger partial charge in [-0.3, -0.25) is 4.90 Å². The minimum absolute atomic E-state index is 0.394. The van der Waals surface area contributed by atoms with Crippen molar-refractivity contribution in [3.8, 4) is 5.75 Å². The zero-order valence-electron chi connectivity index (χ0n) is 10.8. The van der Waals surface area contributed by atoms with Crippen molar-refractivity contribution < 1.29 is 5.11 Å². The molecular weight excluding hydrogens is 292 g/mol. The van der Waals surface area contributed by atoms with Gasteiger partial charge >= 0.3 is 0 Å². The van der Waals surface area contributed by atoms with Crippen LogP contribution < -0.4 is 5.32 Å². The van der Waals surface area contributed by atoms with Gasteiger partial charge in [-0.25, -0.2) is 0 Å². The highest BCUT2D eigenvalue weighted by Gasteiger charge is 2.22. The van der Waals surface area contributed by atoms with Gasteiger partial charge < -0.3 is 10.4 Å². The van der Waals surface area contributed by atoms with Crippen molar-refractivity contribution in [2.75, 3.05) is 19.6 Å². The van der Waals surface area contributed by atoms with Crippen LogP contribution >= 0.6 is 15.9 Å². The van der Waals surface area contributed by atoms with Crippen molar-refractivity contribution in [2.45, 2.75) is 32.4 Å². The van der Waals surface area contributed by atoms with E-state index >= 15 is 0 Å². The molecule has 0 amide bonds. The molecule has 18 heavy (non-hydrogen) atoms. The molecular formula is C14H21BrN2O. The third kappa shape index (κ3) is 3.46. The van der Waals surface area contributed by atoms with E-state index in [2.05, 4.69) is 33.1 Å². The number of nitrogens with zero attached hydrogens (tertiary/aromatic N) is 1. The lowest BCUT2D eigenvalue weighted by molar-refractivity contribution is 0.197. The predicted octanol–water partition coefficient (Wildman–Crippen LogP) is 2.73. The Balaban J connectivity index is 2.09.